The predicted molar refractivity (Wildman–Crippen MR) is 213 cm³/mol. The molecule has 2 nitrogen and oxygen atoms in total. The number of fused-ring (bicyclic) bond motifs is 11. The second kappa shape index (κ2) is 11.1. The number of para-hydroxylation sites is 1. The minimum atomic E-state index is 0.868. The first kappa shape index (κ1) is 28.6. The molecular weight excluding hydrogens is 609 g/mol. The van der Waals surface area contributed by atoms with Gasteiger partial charge in [-0.2, -0.15) is 0 Å². The van der Waals surface area contributed by atoms with Crippen molar-refractivity contribution in [3.05, 3.63) is 169 Å². The largest absolute Gasteiger partial charge is 0.456 e. The van der Waals surface area contributed by atoms with Crippen LogP contribution in [0.3, 0.4) is 0 Å². The third-order valence-electron chi connectivity index (χ3n) is 10.4. The molecule has 0 aliphatic carbocycles. The molecule has 0 unspecified atom stereocenters. The normalized spacial score (nSPS) is 12.8. The van der Waals surface area contributed by atoms with Crippen molar-refractivity contribution < 1.29 is 8.83 Å². The van der Waals surface area contributed by atoms with Crippen LogP contribution in [-0.2, 0) is 0 Å². The third-order valence-corrected chi connectivity index (χ3v) is 10.4. The van der Waals surface area contributed by atoms with Crippen molar-refractivity contribution in [3.8, 4) is 11.1 Å². The summed E-state index contributed by atoms with van der Waals surface area (Å²) in [6, 6.07) is 51.8. The van der Waals surface area contributed by atoms with E-state index in [4.69, 9.17) is 8.83 Å². The molecule has 2 heteroatoms. The van der Waals surface area contributed by atoms with Crippen LogP contribution < -0.4 is 0 Å². The van der Waals surface area contributed by atoms with Gasteiger partial charge in [-0.1, -0.05) is 127 Å². The molecule has 0 aliphatic heterocycles. The highest BCUT2D eigenvalue weighted by Crippen LogP contribution is 2.43. The van der Waals surface area contributed by atoms with E-state index in [1.807, 2.05) is 12.1 Å². The summed E-state index contributed by atoms with van der Waals surface area (Å²) in [4.78, 5) is 0. The number of hydrogen-bond donors (Lipinski definition) is 0. The van der Waals surface area contributed by atoms with Crippen LogP contribution in [0.2, 0.25) is 0 Å². The monoisotopic (exact) mass is 640 g/mol. The lowest BCUT2D eigenvalue weighted by Gasteiger charge is -2.17. The van der Waals surface area contributed by atoms with E-state index in [0.29, 0.717) is 0 Å². The Bertz CT molecular complexity index is 2980. The summed E-state index contributed by atoms with van der Waals surface area (Å²) < 4.78 is 13.0. The van der Waals surface area contributed by atoms with Crippen molar-refractivity contribution in [3.63, 3.8) is 0 Å². The zero-order valence-electron chi connectivity index (χ0n) is 27.8. The first-order valence-electron chi connectivity index (χ1n) is 17.2. The summed E-state index contributed by atoms with van der Waals surface area (Å²) in [5.41, 5.74) is 10.9. The van der Waals surface area contributed by atoms with E-state index in [1.54, 1.807) is 0 Å². The molecule has 0 N–H and O–H groups in total. The topological polar surface area (TPSA) is 26.3 Å². The second-order valence-corrected chi connectivity index (χ2v) is 13.3. The van der Waals surface area contributed by atoms with E-state index < -0.39 is 0 Å². The lowest BCUT2D eigenvalue weighted by atomic mass is 9.86. The van der Waals surface area contributed by atoms with Gasteiger partial charge in [0, 0.05) is 26.9 Å². The van der Waals surface area contributed by atoms with Crippen LogP contribution in [0.4, 0.5) is 0 Å². The Labute approximate surface area is 289 Å². The molecule has 10 rings (SSSR count). The molecule has 50 heavy (non-hydrogen) atoms. The highest BCUT2D eigenvalue weighted by atomic mass is 16.3. The van der Waals surface area contributed by atoms with Crippen LogP contribution in [0.25, 0.3) is 98.5 Å². The Morgan fingerprint density at radius 1 is 0.440 bits per heavy atom. The molecule has 2 heterocycles. The molecule has 0 amide bonds. The quantitative estimate of drug-likeness (QED) is 0.141. The van der Waals surface area contributed by atoms with E-state index in [1.165, 1.54) is 49.4 Å². The fourth-order valence-electron chi connectivity index (χ4n) is 8.00. The minimum absolute atomic E-state index is 0.868. The maximum absolute atomic E-state index is 6.53. The van der Waals surface area contributed by atoms with Gasteiger partial charge in [0.1, 0.15) is 22.3 Å². The van der Waals surface area contributed by atoms with Gasteiger partial charge in [0.2, 0.25) is 0 Å². The van der Waals surface area contributed by atoms with Gasteiger partial charge in [-0.25, -0.2) is 0 Å². The van der Waals surface area contributed by atoms with Gasteiger partial charge in [0.05, 0.1) is 0 Å². The number of allylic oxidation sites excluding steroid dienone is 4. The summed E-state index contributed by atoms with van der Waals surface area (Å²) >= 11 is 0. The fourth-order valence-corrected chi connectivity index (χ4v) is 8.00. The SMILES string of the molecule is C/C(=C\C=C(/C)c1c2ccccc2c(-c2ccccc2)c2ccccc12)c1ccc2c(c1)oc1ccc3ccc4c5ccccc5oc4c3c12. The van der Waals surface area contributed by atoms with Gasteiger partial charge in [0.15, 0.2) is 0 Å². The fraction of sp³-hybridized carbons (Fsp3) is 0.0417. The molecule has 0 spiro atoms. The maximum Gasteiger partial charge on any atom is 0.144 e. The van der Waals surface area contributed by atoms with Gasteiger partial charge in [0.25, 0.3) is 0 Å². The smallest absolute Gasteiger partial charge is 0.144 e. The standard InChI is InChI=1S/C48H32O2/c1-29(20-21-30(2)44-35-15-6-8-17-37(35)45(31-12-4-3-5-13-31)38-18-9-7-16-36(38)44)33-23-26-40-43(28-33)49-42-27-24-32-22-25-39-34-14-10-11-19-41(34)50-48(39)46(32)47(40)42/h3-28H,1-2H3/b29-20+,30-21+. The molecule has 8 aromatic carbocycles. The van der Waals surface area contributed by atoms with Crippen LogP contribution in [-0.4, -0.2) is 0 Å². The minimum Gasteiger partial charge on any atom is -0.456 e. The Balaban J connectivity index is 1.10. The highest BCUT2D eigenvalue weighted by Gasteiger charge is 2.18. The molecule has 0 saturated heterocycles. The lowest BCUT2D eigenvalue weighted by molar-refractivity contribution is 0.667. The lowest BCUT2D eigenvalue weighted by Crippen LogP contribution is -1.92. The number of rotatable bonds is 4. The van der Waals surface area contributed by atoms with Crippen molar-refractivity contribution in [1.29, 1.82) is 0 Å². The van der Waals surface area contributed by atoms with Crippen LogP contribution >= 0.6 is 0 Å². The number of benzene rings is 8. The molecule has 0 atom stereocenters. The van der Waals surface area contributed by atoms with Crippen LogP contribution in [0, 0.1) is 0 Å². The zero-order valence-corrected chi connectivity index (χ0v) is 27.8. The zero-order chi connectivity index (χ0) is 33.3. The second-order valence-electron chi connectivity index (χ2n) is 13.3. The van der Waals surface area contributed by atoms with Gasteiger partial charge in [-0.15, -0.1) is 0 Å². The van der Waals surface area contributed by atoms with Crippen LogP contribution in [0.5, 0.6) is 0 Å². The molecule has 0 saturated carbocycles. The van der Waals surface area contributed by atoms with E-state index >= 15 is 0 Å². The van der Waals surface area contributed by atoms with E-state index in [0.717, 1.165) is 60.2 Å². The van der Waals surface area contributed by atoms with Crippen molar-refractivity contribution >= 4 is 87.3 Å². The molecule has 10 aromatic rings. The Morgan fingerprint density at radius 2 is 1.06 bits per heavy atom. The van der Waals surface area contributed by atoms with Gasteiger partial charge >= 0.3 is 0 Å². The number of furan rings is 2. The Hall–Kier alpha value is -6.38. The summed E-state index contributed by atoms with van der Waals surface area (Å²) in [5.74, 6) is 0. The Morgan fingerprint density at radius 3 is 1.82 bits per heavy atom. The van der Waals surface area contributed by atoms with Crippen molar-refractivity contribution in [2.24, 2.45) is 0 Å². The van der Waals surface area contributed by atoms with E-state index in [2.05, 4.69) is 159 Å². The first-order chi connectivity index (χ1) is 24.6. The summed E-state index contributed by atoms with van der Waals surface area (Å²) in [6.45, 7) is 4.40. The molecule has 0 aliphatic rings. The third kappa shape index (κ3) is 4.28. The van der Waals surface area contributed by atoms with Crippen LogP contribution in [0.1, 0.15) is 25.0 Å². The average molecular weight is 641 g/mol. The predicted octanol–water partition coefficient (Wildman–Crippen LogP) is 14.1. The Kier molecular flexibility index (Phi) is 6.34. The van der Waals surface area contributed by atoms with E-state index in [-0.39, 0.29) is 0 Å². The molecule has 2 aromatic heterocycles. The molecule has 0 radical (unpaired) electrons. The first-order valence-corrected chi connectivity index (χ1v) is 17.2. The average Bonchev–Trinajstić information content (AvgIpc) is 3.74. The van der Waals surface area contributed by atoms with E-state index in [9.17, 15) is 0 Å². The molecule has 0 fully saturated rings. The molecule has 236 valence electrons. The highest BCUT2D eigenvalue weighted by molar-refractivity contribution is 6.28. The van der Waals surface area contributed by atoms with Crippen molar-refractivity contribution in [2.75, 3.05) is 0 Å². The van der Waals surface area contributed by atoms with Gasteiger partial charge < -0.3 is 8.83 Å². The maximum atomic E-state index is 6.53. The number of hydrogen-bond acceptors (Lipinski definition) is 2. The van der Waals surface area contributed by atoms with Crippen LogP contribution in [0.15, 0.2) is 167 Å². The summed E-state index contributed by atoms with van der Waals surface area (Å²) in [5, 5.41) is 11.8. The molecular formula is C48H32O2. The van der Waals surface area contributed by atoms with Crippen molar-refractivity contribution in [2.45, 2.75) is 13.8 Å². The summed E-state index contributed by atoms with van der Waals surface area (Å²) in [7, 11) is 0. The summed E-state index contributed by atoms with van der Waals surface area (Å²) in [6.07, 6.45) is 4.50. The molecule has 0 bridgehead atoms. The van der Waals surface area contributed by atoms with Gasteiger partial charge in [-0.05, 0) is 105 Å². The van der Waals surface area contributed by atoms with Gasteiger partial charge in [-0.3, -0.25) is 0 Å². The van der Waals surface area contributed by atoms with Crippen molar-refractivity contribution in [1.82, 2.24) is 0 Å².